The van der Waals surface area contributed by atoms with E-state index in [0.717, 1.165) is 50.4 Å². The largest absolute Gasteiger partial charge is 0.358 e. The molecule has 3 heterocycles. The molecule has 0 spiro atoms. The Hall–Kier alpha value is -3.54. The van der Waals surface area contributed by atoms with Crippen molar-refractivity contribution < 1.29 is 4.79 Å². The maximum absolute atomic E-state index is 11.5. The number of nitriles is 1. The molecule has 1 saturated heterocycles. The normalized spacial score (nSPS) is 13.6. The summed E-state index contributed by atoms with van der Waals surface area (Å²) >= 11 is 0. The van der Waals surface area contributed by atoms with E-state index in [1.165, 1.54) is 4.68 Å². The number of rotatable bonds is 6. The fraction of sp³-hybridized carbons (Fsp3) is 0.429. The second-order valence-electron chi connectivity index (χ2n) is 7.05. The van der Waals surface area contributed by atoms with Crippen LogP contribution in [0.5, 0.6) is 0 Å². The van der Waals surface area contributed by atoms with Gasteiger partial charge in [0.2, 0.25) is 5.91 Å². The average Bonchev–Trinajstić information content (AvgIpc) is 3.19. The molecule has 0 unspecified atom stereocenters. The van der Waals surface area contributed by atoms with Crippen molar-refractivity contribution in [2.24, 2.45) is 10.9 Å². The number of nitrogens with zero attached hydrogens (tertiary/aromatic N) is 6. The number of likely N-dealkylation sites (tertiary alicyclic amines) is 1. The van der Waals surface area contributed by atoms with Crippen LogP contribution in [0.25, 0.3) is 0 Å². The van der Waals surface area contributed by atoms with Gasteiger partial charge >= 0.3 is 0 Å². The SMILES string of the molecule is CCCc1ccc/c(=N/N)n1N.CN(CCN1CCCC1=O)c1ccc(C#N)cn1. The number of hydrogen-bond acceptors (Lipinski definition) is 7. The van der Waals surface area contributed by atoms with E-state index in [2.05, 4.69) is 17.0 Å². The maximum atomic E-state index is 11.5. The summed E-state index contributed by atoms with van der Waals surface area (Å²) in [5.41, 5.74) is 2.20. The number of aromatic nitrogens is 2. The van der Waals surface area contributed by atoms with Crippen molar-refractivity contribution in [2.75, 3.05) is 37.4 Å². The van der Waals surface area contributed by atoms with E-state index >= 15 is 0 Å². The molecule has 1 fully saturated rings. The van der Waals surface area contributed by atoms with Crippen molar-refractivity contribution in [2.45, 2.75) is 32.6 Å². The minimum atomic E-state index is 0.246. The van der Waals surface area contributed by atoms with Crippen LogP contribution in [0.3, 0.4) is 0 Å². The third-order valence-corrected chi connectivity index (χ3v) is 4.87. The van der Waals surface area contributed by atoms with Gasteiger partial charge in [0, 0.05) is 45.0 Å². The average molecular weight is 411 g/mol. The van der Waals surface area contributed by atoms with E-state index in [1.807, 2.05) is 41.1 Å². The molecular weight excluding hydrogens is 380 g/mol. The molecule has 4 N–H and O–H groups in total. The summed E-state index contributed by atoms with van der Waals surface area (Å²) in [6.45, 7) is 4.46. The van der Waals surface area contributed by atoms with E-state index in [0.29, 0.717) is 17.5 Å². The first kappa shape index (κ1) is 22.7. The summed E-state index contributed by atoms with van der Waals surface area (Å²) < 4.78 is 1.52. The molecule has 160 valence electrons. The van der Waals surface area contributed by atoms with Crippen LogP contribution in [0.1, 0.15) is 37.4 Å². The molecule has 0 radical (unpaired) electrons. The van der Waals surface area contributed by atoms with Gasteiger partial charge in [-0.15, -0.1) is 0 Å². The molecule has 0 bridgehead atoms. The van der Waals surface area contributed by atoms with Gasteiger partial charge in [-0.1, -0.05) is 19.4 Å². The maximum Gasteiger partial charge on any atom is 0.222 e. The Morgan fingerprint density at radius 1 is 1.33 bits per heavy atom. The standard InChI is InChI=1S/C13H16N4O.C8H14N4/c1-16(7-8-17-6-2-3-13(17)18)12-5-4-11(9-14)10-15-12;1-2-4-7-5-3-6-8(11-9)12(7)10/h4-5,10H,2-3,6-8H2,1H3;3,5-6H,2,4,9-10H2,1H3/b;11-8-. The Morgan fingerprint density at radius 3 is 2.70 bits per heavy atom. The molecule has 0 aliphatic carbocycles. The predicted octanol–water partition coefficient (Wildman–Crippen LogP) is 0.941. The summed E-state index contributed by atoms with van der Waals surface area (Å²) in [4.78, 5) is 19.6. The van der Waals surface area contributed by atoms with Gasteiger partial charge in [0.25, 0.3) is 0 Å². The lowest BCUT2D eigenvalue weighted by atomic mass is 10.2. The molecule has 0 aromatic carbocycles. The first-order valence-corrected chi connectivity index (χ1v) is 10.0. The lowest BCUT2D eigenvalue weighted by Gasteiger charge is -2.22. The lowest BCUT2D eigenvalue weighted by Crippen LogP contribution is -2.34. The van der Waals surface area contributed by atoms with Gasteiger partial charge in [-0.05, 0) is 37.1 Å². The number of carbonyl (C=O) groups excluding carboxylic acids is 1. The van der Waals surface area contributed by atoms with Gasteiger partial charge in [0.15, 0.2) is 5.49 Å². The van der Waals surface area contributed by atoms with Gasteiger partial charge < -0.3 is 21.5 Å². The number of aryl methyl sites for hydroxylation is 1. The lowest BCUT2D eigenvalue weighted by molar-refractivity contribution is -0.127. The molecule has 0 atom stereocenters. The van der Waals surface area contributed by atoms with E-state index in [9.17, 15) is 4.79 Å². The third-order valence-electron chi connectivity index (χ3n) is 4.87. The molecule has 2 aromatic heterocycles. The number of nitrogen functional groups attached to an aromatic ring is 1. The predicted molar refractivity (Wildman–Crippen MR) is 116 cm³/mol. The minimum Gasteiger partial charge on any atom is -0.358 e. The molecule has 1 amide bonds. The number of likely N-dealkylation sites (N-methyl/N-ethyl adjacent to an activating group) is 1. The Balaban J connectivity index is 0.000000232. The highest BCUT2D eigenvalue weighted by molar-refractivity contribution is 5.78. The van der Waals surface area contributed by atoms with Crippen LogP contribution in [-0.4, -0.2) is 47.1 Å². The van der Waals surface area contributed by atoms with Crippen LogP contribution in [0, 0.1) is 11.3 Å². The second kappa shape index (κ2) is 11.5. The summed E-state index contributed by atoms with van der Waals surface area (Å²) in [6, 6.07) is 11.3. The number of anilines is 1. The van der Waals surface area contributed by atoms with E-state index in [4.69, 9.17) is 16.9 Å². The Bertz CT molecular complexity index is 929. The van der Waals surface area contributed by atoms with Gasteiger partial charge in [0.1, 0.15) is 11.9 Å². The fourth-order valence-corrected chi connectivity index (χ4v) is 3.12. The van der Waals surface area contributed by atoms with Crippen molar-refractivity contribution in [3.8, 4) is 6.07 Å². The van der Waals surface area contributed by atoms with Crippen molar-refractivity contribution >= 4 is 11.7 Å². The number of pyridine rings is 2. The van der Waals surface area contributed by atoms with Crippen LogP contribution in [0.2, 0.25) is 0 Å². The topological polar surface area (TPSA) is 130 Å². The molecule has 2 aromatic rings. The molecule has 1 aliphatic rings. The Kier molecular flexibility index (Phi) is 8.69. The quantitative estimate of drug-likeness (QED) is 0.538. The van der Waals surface area contributed by atoms with Gasteiger partial charge in [-0.2, -0.15) is 10.4 Å². The van der Waals surface area contributed by atoms with Crippen LogP contribution < -0.4 is 22.1 Å². The zero-order valence-corrected chi connectivity index (χ0v) is 17.7. The molecule has 1 aliphatic heterocycles. The summed E-state index contributed by atoms with van der Waals surface area (Å²) in [7, 11) is 1.94. The van der Waals surface area contributed by atoms with E-state index < -0.39 is 0 Å². The number of hydrogen-bond donors (Lipinski definition) is 2. The number of carbonyl (C=O) groups is 1. The molecule has 0 saturated carbocycles. The molecule has 9 nitrogen and oxygen atoms in total. The highest BCUT2D eigenvalue weighted by Gasteiger charge is 2.19. The third kappa shape index (κ3) is 6.24. The van der Waals surface area contributed by atoms with Gasteiger partial charge in [-0.3, -0.25) is 4.79 Å². The van der Waals surface area contributed by atoms with Gasteiger partial charge in [0.05, 0.1) is 5.56 Å². The Morgan fingerprint density at radius 2 is 2.13 bits per heavy atom. The van der Waals surface area contributed by atoms with Crippen LogP contribution in [-0.2, 0) is 11.2 Å². The summed E-state index contributed by atoms with van der Waals surface area (Å²) in [5.74, 6) is 11.9. The molecular formula is C21H30N8O. The molecule has 30 heavy (non-hydrogen) atoms. The van der Waals surface area contributed by atoms with Crippen LogP contribution >= 0.6 is 0 Å². The second-order valence-corrected chi connectivity index (χ2v) is 7.05. The Labute approximate surface area is 177 Å². The first-order chi connectivity index (χ1) is 14.5. The van der Waals surface area contributed by atoms with Crippen molar-refractivity contribution in [3.63, 3.8) is 0 Å². The minimum absolute atomic E-state index is 0.246. The zero-order valence-electron chi connectivity index (χ0n) is 17.7. The monoisotopic (exact) mass is 410 g/mol. The van der Waals surface area contributed by atoms with Crippen molar-refractivity contribution in [1.29, 1.82) is 5.26 Å². The van der Waals surface area contributed by atoms with Crippen LogP contribution in [0.4, 0.5) is 5.82 Å². The van der Waals surface area contributed by atoms with E-state index in [-0.39, 0.29) is 5.91 Å². The number of amides is 1. The summed E-state index contributed by atoms with van der Waals surface area (Å²) in [6.07, 6.45) is 5.22. The van der Waals surface area contributed by atoms with Crippen LogP contribution in [0.15, 0.2) is 41.6 Å². The summed E-state index contributed by atoms with van der Waals surface area (Å²) in [5, 5.41) is 12.2. The molecule has 3 rings (SSSR count). The van der Waals surface area contributed by atoms with Crippen molar-refractivity contribution in [3.05, 3.63) is 53.3 Å². The van der Waals surface area contributed by atoms with E-state index in [1.54, 1.807) is 18.3 Å². The fourth-order valence-electron chi connectivity index (χ4n) is 3.12. The first-order valence-electron chi connectivity index (χ1n) is 10.0. The highest BCUT2D eigenvalue weighted by atomic mass is 16.2. The highest BCUT2D eigenvalue weighted by Crippen LogP contribution is 2.12. The number of nitrogens with two attached hydrogens (primary N) is 2. The smallest absolute Gasteiger partial charge is 0.222 e. The van der Waals surface area contributed by atoms with Gasteiger partial charge in [-0.25, -0.2) is 9.66 Å². The molecule has 9 heteroatoms. The van der Waals surface area contributed by atoms with Crippen molar-refractivity contribution in [1.82, 2.24) is 14.6 Å². The zero-order chi connectivity index (χ0) is 21.9.